The van der Waals surface area contributed by atoms with Gasteiger partial charge in [0.25, 0.3) is 0 Å². The molecule has 2 aromatic carbocycles. The molecule has 0 spiro atoms. The third-order valence-corrected chi connectivity index (χ3v) is 4.48. The van der Waals surface area contributed by atoms with Crippen molar-refractivity contribution in [3.05, 3.63) is 51.3 Å². The summed E-state index contributed by atoms with van der Waals surface area (Å²) in [5, 5.41) is 3.22. The van der Waals surface area contributed by atoms with Crippen molar-refractivity contribution < 1.29 is 4.74 Å². The van der Waals surface area contributed by atoms with Crippen molar-refractivity contribution in [3.8, 4) is 11.1 Å². The molecule has 0 saturated carbocycles. The van der Waals surface area contributed by atoms with Crippen LogP contribution in [0.5, 0.6) is 0 Å². The molecule has 0 N–H and O–H groups in total. The van der Waals surface area contributed by atoms with Crippen molar-refractivity contribution in [3.63, 3.8) is 0 Å². The summed E-state index contributed by atoms with van der Waals surface area (Å²) in [5.41, 5.74) is 4.56. The monoisotopic (exact) mass is 360 g/mol. The van der Waals surface area contributed by atoms with Gasteiger partial charge in [-0.1, -0.05) is 29.8 Å². The van der Waals surface area contributed by atoms with Gasteiger partial charge in [-0.05, 0) is 45.7 Å². The Hall–Kier alpha value is -1.72. The molecule has 3 rings (SSSR count). The first-order valence-corrected chi connectivity index (χ1v) is 8.05. The Labute approximate surface area is 138 Å². The maximum absolute atomic E-state index is 11.3. The van der Waals surface area contributed by atoms with E-state index in [0.717, 1.165) is 47.6 Å². The van der Waals surface area contributed by atoms with Crippen molar-refractivity contribution in [1.29, 1.82) is 0 Å². The summed E-state index contributed by atoms with van der Waals surface area (Å²) in [6, 6.07) is 12.1. The van der Waals surface area contributed by atoms with E-state index in [1.807, 2.05) is 43.3 Å². The number of nitrogens with zero attached hydrogens (tertiary/aromatic N) is 2. The molecule has 0 unspecified atom stereocenters. The second-order valence-electron chi connectivity index (χ2n) is 5.38. The Kier molecular flexibility index (Phi) is 4.55. The molecule has 22 heavy (non-hydrogen) atoms. The second kappa shape index (κ2) is 6.58. The first-order chi connectivity index (χ1) is 10.7. The zero-order chi connectivity index (χ0) is 15.5. The lowest BCUT2D eigenvalue weighted by Gasteiger charge is -2.29. The minimum absolute atomic E-state index is 0.445. The third-order valence-electron chi connectivity index (χ3n) is 3.88. The summed E-state index contributed by atoms with van der Waals surface area (Å²) in [5.74, 6) is 0. The van der Waals surface area contributed by atoms with E-state index in [0.29, 0.717) is 5.69 Å². The molecular weight excluding hydrogens is 344 g/mol. The van der Waals surface area contributed by atoms with E-state index in [2.05, 4.69) is 26.0 Å². The summed E-state index contributed by atoms with van der Waals surface area (Å²) < 4.78 is 6.13. The van der Waals surface area contributed by atoms with E-state index in [1.165, 1.54) is 5.56 Å². The van der Waals surface area contributed by atoms with E-state index in [1.54, 1.807) is 0 Å². The first kappa shape index (κ1) is 15.2. The van der Waals surface area contributed by atoms with Crippen LogP contribution < -0.4 is 4.90 Å². The van der Waals surface area contributed by atoms with Gasteiger partial charge in [-0.3, -0.25) is 0 Å². The molecule has 5 heteroatoms. The number of rotatable bonds is 3. The Bertz CT molecular complexity index is 680. The molecule has 1 aliphatic heterocycles. The van der Waals surface area contributed by atoms with Gasteiger partial charge < -0.3 is 9.64 Å². The number of nitroso groups, excluding NO2 is 1. The summed E-state index contributed by atoms with van der Waals surface area (Å²) in [6.07, 6.45) is 0. The fourth-order valence-corrected chi connectivity index (χ4v) is 3.16. The molecule has 4 nitrogen and oxygen atoms in total. The smallest absolute Gasteiger partial charge is 0.130 e. The van der Waals surface area contributed by atoms with Crippen LogP contribution in [-0.4, -0.2) is 26.3 Å². The number of ether oxygens (including phenoxy) is 1. The van der Waals surface area contributed by atoms with Gasteiger partial charge in [0, 0.05) is 28.8 Å². The van der Waals surface area contributed by atoms with Gasteiger partial charge in [-0.2, -0.15) is 0 Å². The first-order valence-electron chi connectivity index (χ1n) is 7.25. The molecule has 2 aromatic rings. The largest absolute Gasteiger partial charge is 0.378 e. The van der Waals surface area contributed by atoms with Crippen LogP contribution in [-0.2, 0) is 4.74 Å². The highest BCUT2D eigenvalue weighted by atomic mass is 79.9. The summed E-state index contributed by atoms with van der Waals surface area (Å²) >= 11 is 3.48. The predicted octanol–water partition coefficient (Wildman–Crippen LogP) is 4.66. The number of hydrogen-bond donors (Lipinski definition) is 0. The van der Waals surface area contributed by atoms with Gasteiger partial charge in [-0.25, -0.2) is 0 Å². The SMILES string of the molecule is Cc1ccc(-c2cc(N3CCOCC3)cc(Br)c2N=O)cc1. The minimum Gasteiger partial charge on any atom is -0.378 e. The summed E-state index contributed by atoms with van der Waals surface area (Å²) in [6.45, 7) is 5.21. The standard InChI is InChI=1S/C17H17BrN2O2/c1-12-2-4-13(5-3-12)15-10-14(11-16(18)17(15)19-21)20-6-8-22-9-7-20/h2-5,10-11H,6-9H2,1H3. The van der Waals surface area contributed by atoms with E-state index < -0.39 is 0 Å². The van der Waals surface area contributed by atoms with Crippen LogP contribution in [0.4, 0.5) is 11.4 Å². The van der Waals surface area contributed by atoms with Crippen LogP contribution in [0.15, 0.2) is 46.0 Å². The fraction of sp³-hybridized carbons (Fsp3) is 0.294. The molecule has 0 aromatic heterocycles. The molecule has 1 aliphatic rings. The Morgan fingerprint density at radius 2 is 1.82 bits per heavy atom. The van der Waals surface area contributed by atoms with Gasteiger partial charge >= 0.3 is 0 Å². The quantitative estimate of drug-likeness (QED) is 0.747. The number of benzene rings is 2. The number of aryl methyl sites for hydroxylation is 1. The molecule has 1 heterocycles. The number of halogens is 1. The Balaban J connectivity index is 2.08. The van der Waals surface area contributed by atoms with E-state index in [4.69, 9.17) is 4.74 Å². The summed E-state index contributed by atoms with van der Waals surface area (Å²) in [7, 11) is 0. The Morgan fingerprint density at radius 3 is 2.45 bits per heavy atom. The number of hydrogen-bond acceptors (Lipinski definition) is 4. The number of anilines is 1. The van der Waals surface area contributed by atoms with Gasteiger partial charge in [0.2, 0.25) is 0 Å². The van der Waals surface area contributed by atoms with Crippen molar-refractivity contribution in [2.45, 2.75) is 6.92 Å². The molecule has 0 amide bonds. The summed E-state index contributed by atoms with van der Waals surface area (Å²) in [4.78, 5) is 13.5. The molecule has 0 bridgehead atoms. The lowest BCUT2D eigenvalue weighted by Crippen LogP contribution is -2.36. The second-order valence-corrected chi connectivity index (χ2v) is 6.23. The maximum Gasteiger partial charge on any atom is 0.130 e. The molecule has 1 saturated heterocycles. The predicted molar refractivity (Wildman–Crippen MR) is 92.8 cm³/mol. The average molecular weight is 361 g/mol. The molecule has 0 radical (unpaired) electrons. The lowest BCUT2D eigenvalue weighted by atomic mass is 10.0. The van der Waals surface area contributed by atoms with Crippen molar-refractivity contribution in [2.75, 3.05) is 31.2 Å². The fourth-order valence-electron chi connectivity index (χ4n) is 2.63. The van der Waals surface area contributed by atoms with Crippen molar-refractivity contribution in [2.24, 2.45) is 5.18 Å². The van der Waals surface area contributed by atoms with Gasteiger partial charge in [0.05, 0.1) is 13.2 Å². The highest BCUT2D eigenvalue weighted by molar-refractivity contribution is 9.10. The normalized spacial score (nSPS) is 14.9. The van der Waals surface area contributed by atoms with Crippen molar-refractivity contribution >= 4 is 27.3 Å². The van der Waals surface area contributed by atoms with Gasteiger partial charge in [0.1, 0.15) is 5.69 Å². The van der Waals surface area contributed by atoms with E-state index >= 15 is 0 Å². The van der Waals surface area contributed by atoms with Crippen molar-refractivity contribution in [1.82, 2.24) is 0 Å². The maximum atomic E-state index is 11.3. The van der Waals surface area contributed by atoms with Crippen LogP contribution in [0.3, 0.4) is 0 Å². The molecular formula is C17H17BrN2O2. The lowest BCUT2D eigenvalue weighted by molar-refractivity contribution is 0.122. The van der Waals surface area contributed by atoms with Crippen LogP contribution >= 0.6 is 15.9 Å². The molecule has 0 aliphatic carbocycles. The zero-order valence-corrected chi connectivity index (χ0v) is 14.0. The highest BCUT2D eigenvalue weighted by Crippen LogP contribution is 2.40. The average Bonchev–Trinajstić information content (AvgIpc) is 2.55. The topological polar surface area (TPSA) is 41.9 Å². The molecule has 114 valence electrons. The Morgan fingerprint density at radius 1 is 1.14 bits per heavy atom. The minimum atomic E-state index is 0.445. The highest BCUT2D eigenvalue weighted by Gasteiger charge is 2.17. The third kappa shape index (κ3) is 3.05. The van der Waals surface area contributed by atoms with Crippen LogP contribution in [0.2, 0.25) is 0 Å². The van der Waals surface area contributed by atoms with E-state index in [9.17, 15) is 4.91 Å². The van der Waals surface area contributed by atoms with Gasteiger partial charge in [0.15, 0.2) is 0 Å². The van der Waals surface area contributed by atoms with Gasteiger partial charge in [-0.15, -0.1) is 4.91 Å². The van der Waals surface area contributed by atoms with Crippen LogP contribution in [0.25, 0.3) is 11.1 Å². The molecule has 0 atom stereocenters. The molecule has 1 fully saturated rings. The van der Waals surface area contributed by atoms with Crippen LogP contribution in [0, 0.1) is 11.8 Å². The number of morpholine rings is 1. The zero-order valence-electron chi connectivity index (χ0n) is 12.4. The van der Waals surface area contributed by atoms with Crippen LogP contribution in [0.1, 0.15) is 5.56 Å². The van der Waals surface area contributed by atoms with E-state index in [-0.39, 0.29) is 0 Å².